The first kappa shape index (κ1) is 34.1. The fourth-order valence-corrected chi connectivity index (χ4v) is 5.77. The second-order valence-corrected chi connectivity index (χ2v) is 12.0. The van der Waals surface area contributed by atoms with Gasteiger partial charge >= 0.3 is 0 Å². The zero-order valence-electron chi connectivity index (χ0n) is 28.1. The summed E-state index contributed by atoms with van der Waals surface area (Å²) in [6, 6.07) is 20.3. The zero-order chi connectivity index (χ0) is 31.1. The Kier molecular flexibility index (Phi) is 18.7. The molecule has 1 fully saturated rings. The summed E-state index contributed by atoms with van der Waals surface area (Å²) in [5.74, 6) is 0. The van der Waals surface area contributed by atoms with Gasteiger partial charge in [-0.1, -0.05) is 164 Å². The summed E-state index contributed by atoms with van der Waals surface area (Å²) in [5, 5.41) is 0. The van der Waals surface area contributed by atoms with Crippen molar-refractivity contribution in [3.8, 4) is 0 Å². The molecule has 0 bridgehead atoms. The van der Waals surface area contributed by atoms with Crippen molar-refractivity contribution in [3.05, 3.63) is 71.8 Å². The third-order valence-electron chi connectivity index (χ3n) is 8.35. The summed E-state index contributed by atoms with van der Waals surface area (Å²) in [5.41, 5.74) is 2.20. The monoisotopic (exact) mass is 597 g/mol. The van der Waals surface area contributed by atoms with Gasteiger partial charge in [0, 0.05) is 15.1 Å². The quantitative estimate of drug-likeness (QED) is 0.101. The second-order valence-electron chi connectivity index (χ2n) is 12.0. The largest absolute Gasteiger partial charge is 0.374 e. The summed E-state index contributed by atoms with van der Waals surface area (Å²) in [4.78, 5) is 0. The van der Waals surface area contributed by atoms with Crippen LogP contribution in [0.15, 0.2) is 60.7 Å². The Bertz CT molecular complexity index is 929. The zero-order valence-corrected chi connectivity index (χ0v) is 27.1. The number of benzene rings is 2. The molecule has 2 aromatic rings. The molecule has 2 unspecified atom stereocenters. The van der Waals surface area contributed by atoms with Gasteiger partial charge in [0.15, 0.2) is 6.29 Å². The molecule has 0 aromatic heterocycles. The maximum Gasteiger partial charge on any atom is 0.186 e. The molecule has 43 heavy (non-hydrogen) atoms. The molecule has 1 heterocycles. The lowest BCUT2D eigenvalue weighted by Crippen LogP contribution is -2.39. The molecule has 2 aromatic carbocycles. The van der Waals surface area contributed by atoms with Gasteiger partial charge in [0.05, 0.1) is 19.8 Å². The highest BCUT2D eigenvalue weighted by Crippen LogP contribution is 2.29. The first-order chi connectivity index (χ1) is 21.7. The number of hydrogen-bond acceptors (Lipinski definition) is 5. The van der Waals surface area contributed by atoms with Gasteiger partial charge in [-0.15, -0.1) is 0 Å². The van der Waals surface area contributed by atoms with Crippen molar-refractivity contribution in [3.63, 3.8) is 0 Å². The molecular formula is C38H60O5. The van der Waals surface area contributed by atoms with Crippen LogP contribution >= 0.6 is 0 Å². The first-order valence-corrected chi connectivity index (χ1v) is 17.2. The van der Waals surface area contributed by atoms with Gasteiger partial charge in [-0.25, -0.2) is 0 Å². The van der Waals surface area contributed by atoms with Crippen molar-refractivity contribution < 1.29 is 25.1 Å². The Morgan fingerprint density at radius 2 is 1.14 bits per heavy atom. The van der Waals surface area contributed by atoms with E-state index in [2.05, 4.69) is 31.2 Å². The highest BCUT2D eigenvalue weighted by Gasteiger charge is 2.46. The van der Waals surface area contributed by atoms with E-state index >= 15 is 0 Å². The average Bonchev–Trinajstić information content (AvgIpc) is 3.40. The van der Waals surface area contributed by atoms with E-state index in [4.69, 9.17) is 25.1 Å². The van der Waals surface area contributed by atoms with Crippen molar-refractivity contribution in [2.24, 2.45) is 0 Å². The molecule has 3 rings (SSSR count). The van der Waals surface area contributed by atoms with Crippen molar-refractivity contribution >= 4 is 0 Å². The van der Waals surface area contributed by atoms with Crippen LogP contribution in [0.4, 0.5) is 0 Å². The van der Waals surface area contributed by atoms with E-state index in [9.17, 15) is 0 Å². The van der Waals surface area contributed by atoms with Crippen LogP contribution in [0, 0.1) is 0 Å². The minimum atomic E-state index is -0.561. The van der Waals surface area contributed by atoms with E-state index in [1.807, 2.05) is 36.4 Å². The van der Waals surface area contributed by atoms with Crippen LogP contribution in [0.25, 0.3) is 0 Å². The average molecular weight is 598 g/mol. The van der Waals surface area contributed by atoms with Gasteiger partial charge in [-0.2, -0.15) is 0 Å². The van der Waals surface area contributed by atoms with Gasteiger partial charge in [-0.3, -0.25) is 0 Å². The summed E-state index contributed by atoms with van der Waals surface area (Å²) in [6.07, 6.45) is 17.7. The molecule has 242 valence electrons. The smallest absolute Gasteiger partial charge is 0.186 e. The first-order valence-electron chi connectivity index (χ1n) is 17.8. The topological polar surface area (TPSA) is 46.2 Å². The van der Waals surface area contributed by atoms with Crippen LogP contribution in [0.3, 0.4) is 0 Å². The van der Waals surface area contributed by atoms with E-state index in [-0.39, 0.29) is 18.6 Å². The fourth-order valence-electron chi connectivity index (χ4n) is 5.77. The molecule has 0 spiro atoms. The van der Waals surface area contributed by atoms with Gasteiger partial charge in [-0.05, 0) is 17.5 Å². The third kappa shape index (κ3) is 15.2. The maximum absolute atomic E-state index is 8.61. The van der Waals surface area contributed by atoms with Crippen LogP contribution in [-0.4, -0.2) is 44.9 Å². The van der Waals surface area contributed by atoms with Crippen LogP contribution in [0.1, 0.15) is 122 Å². The molecule has 1 aliphatic heterocycles. The Hall–Kier alpha value is -1.76. The molecule has 0 saturated carbocycles. The minimum Gasteiger partial charge on any atom is -0.374 e. The lowest BCUT2D eigenvalue weighted by atomic mass is 10.0. The predicted molar refractivity (Wildman–Crippen MR) is 176 cm³/mol. The molecule has 5 atom stereocenters. The number of rotatable bonds is 26. The van der Waals surface area contributed by atoms with Crippen molar-refractivity contribution in [2.75, 3.05) is 20.3 Å². The second kappa shape index (κ2) is 23.6. The fraction of sp³-hybridized carbons (Fsp3) is 0.684. The standard InChI is InChI=1S/C38H60O5/c1-3-4-5-6-7-8-9-10-11-12-13-14-15-16-17-24-29-41-37-36(42-31-34-27-22-19-23-28-34)35(43-38(37)39-2)32-40-30-33-25-20-18-21-26-33/h18-23,25-28,35-38H,3-17,24,29-32H2,1-2H3/t35-,36+,37-,38?/m1/s1/i24D/t24?,35-,36+,37-,38?. The Balaban J connectivity index is 1.34. The third-order valence-corrected chi connectivity index (χ3v) is 8.35. The Morgan fingerprint density at radius 1 is 0.628 bits per heavy atom. The molecule has 5 heteroatoms. The summed E-state index contributed by atoms with van der Waals surface area (Å²) in [7, 11) is 1.63. The molecule has 0 aliphatic carbocycles. The molecule has 1 aliphatic rings. The van der Waals surface area contributed by atoms with Gasteiger partial charge in [0.1, 0.15) is 18.3 Å². The van der Waals surface area contributed by atoms with Crippen LogP contribution in [-0.2, 0) is 36.9 Å². The van der Waals surface area contributed by atoms with Crippen LogP contribution in [0.2, 0.25) is 0 Å². The highest BCUT2D eigenvalue weighted by atomic mass is 16.7. The lowest BCUT2D eigenvalue weighted by Gasteiger charge is -2.24. The van der Waals surface area contributed by atoms with Crippen molar-refractivity contribution in [1.29, 1.82) is 0 Å². The van der Waals surface area contributed by atoms with Crippen molar-refractivity contribution in [2.45, 2.75) is 147 Å². The number of unbranched alkanes of at least 4 members (excludes halogenated alkanes) is 13. The lowest BCUT2D eigenvalue weighted by molar-refractivity contribution is -0.168. The Labute approximate surface area is 264 Å². The highest BCUT2D eigenvalue weighted by molar-refractivity contribution is 5.14. The maximum atomic E-state index is 8.61. The molecular weight excluding hydrogens is 536 g/mol. The van der Waals surface area contributed by atoms with E-state index in [1.165, 1.54) is 83.5 Å². The molecule has 0 radical (unpaired) electrons. The van der Waals surface area contributed by atoms with E-state index in [0.29, 0.717) is 26.4 Å². The van der Waals surface area contributed by atoms with Crippen LogP contribution < -0.4 is 0 Å². The Morgan fingerprint density at radius 3 is 1.67 bits per heavy atom. The van der Waals surface area contributed by atoms with E-state index in [1.54, 1.807) is 7.11 Å². The summed E-state index contributed by atoms with van der Waals surface area (Å²) < 4.78 is 39.3. The van der Waals surface area contributed by atoms with Gasteiger partial charge in [0.25, 0.3) is 0 Å². The van der Waals surface area contributed by atoms with Gasteiger partial charge < -0.3 is 23.7 Å². The normalized spacial score (nSPS) is 21.2. The predicted octanol–water partition coefficient (Wildman–Crippen LogP) is 9.81. The summed E-state index contributed by atoms with van der Waals surface area (Å²) in [6.45, 7) is 3.95. The SMILES string of the molecule is [2H]C(CCCCCCCCCCCCCCCC)CO[C@H]1C(OC)O[C@H](COCc2ccccc2)[C@@H]1OCc1ccccc1. The van der Waals surface area contributed by atoms with E-state index < -0.39 is 12.4 Å². The molecule has 0 amide bonds. The molecule has 1 saturated heterocycles. The minimum absolute atomic E-state index is 0.270. The van der Waals surface area contributed by atoms with Gasteiger partial charge in [0.2, 0.25) is 0 Å². The number of hydrogen-bond donors (Lipinski definition) is 0. The summed E-state index contributed by atoms with van der Waals surface area (Å²) >= 11 is 0. The van der Waals surface area contributed by atoms with Crippen molar-refractivity contribution in [1.82, 2.24) is 0 Å². The molecule has 0 N–H and O–H groups in total. The van der Waals surface area contributed by atoms with Crippen LogP contribution in [0.5, 0.6) is 0 Å². The van der Waals surface area contributed by atoms with E-state index in [0.717, 1.165) is 24.0 Å². The number of methoxy groups -OCH3 is 1. The number of ether oxygens (including phenoxy) is 5. The molecule has 5 nitrogen and oxygen atoms in total.